The van der Waals surface area contributed by atoms with E-state index < -0.39 is 12.0 Å². The molecule has 116 valence electrons. The van der Waals surface area contributed by atoms with Crippen LogP contribution >= 0.6 is 11.8 Å². The first-order chi connectivity index (χ1) is 9.60. The molecule has 0 saturated carbocycles. The Morgan fingerprint density at radius 1 is 1.40 bits per heavy atom. The van der Waals surface area contributed by atoms with Gasteiger partial charge in [-0.2, -0.15) is 0 Å². The number of piperidine rings is 1. The number of likely N-dealkylation sites (tertiary alicyclic amines) is 1. The van der Waals surface area contributed by atoms with Crippen molar-refractivity contribution in [3.8, 4) is 0 Å². The molecule has 0 aromatic carbocycles. The maximum absolute atomic E-state index is 12.2. The van der Waals surface area contributed by atoms with E-state index in [1.54, 1.807) is 6.92 Å². The molecule has 2 atom stereocenters. The molecule has 1 amide bonds. The minimum absolute atomic E-state index is 0.164. The Morgan fingerprint density at radius 2 is 2.15 bits per heavy atom. The van der Waals surface area contributed by atoms with Gasteiger partial charge in [-0.25, -0.2) is 0 Å². The average Bonchev–Trinajstić information content (AvgIpc) is 2.47. The van der Waals surface area contributed by atoms with E-state index in [2.05, 4.69) is 6.92 Å². The van der Waals surface area contributed by atoms with Crippen LogP contribution in [0.4, 0.5) is 0 Å². The molecule has 0 aromatic heterocycles. The number of nitrogens with two attached hydrogens (primary N) is 1. The van der Waals surface area contributed by atoms with Gasteiger partial charge in [0.1, 0.15) is 6.04 Å². The van der Waals surface area contributed by atoms with Crippen LogP contribution in [0, 0.1) is 0 Å². The summed E-state index contributed by atoms with van der Waals surface area (Å²) in [7, 11) is 0. The summed E-state index contributed by atoms with van der Waals surface area (Å²) in [5, 5.41) is 0. The highest BCUT2D eigenvalue weighted by atomic mass is 32.2. The van der Waals surface area contributed by atoms with Crippen molar-refractivity contribution in [3.05, 3.63) is 0 Å². The number of nitrogens with zero attached hydrogens (tertiary/aromatic N) is 1. The topological polar surface area (TPSA) is 72.6 Å². The highest BCUT2D eigenvalue weighted by Gasteiger charge is 2.25. The Morgan fingerprint density at radius 3 is 2.80 bits per heavy atom. The van der Waals surface area contributed by atoms with Crippen LogP contribution in [0.5, 0.6) is 0 Å². The molecule has 6 heteroatoms. The summed E-state index contributed by atoms with van der Waals surface area (Å²) in [5.74, 6) is 0.591. The van der Waals surface area contributed by atoms with E-state index >= 15 is 0 Å². The third-order valence-corrected chi connectivity index (χ3v) is 4.58. The minimum atomic E-state index is -0.643. The van der Waals surface area contributed by atoms with Gasteiger partial charge in [-0.15, -0.1) is 11.8 Å². The minimum Gasteiger partial charge on any atom is -0.465 e. The fourth-order valence-corrected chi connectivity index (χ4v) is 3.28. The van der Waals surface area contributed by atoms with E-state index in [1.807, 2.05) is 4.90 Å². The lowest BCUT2D eigenvalue weighted by atomic mass is 10.0. The normalized spacial score (nSPS) is 20.6. The fourth-order valence-electron chi connectivity index (χ4n) is 2.43. The Bertz CT molecular complexity index is 326. The molecular formula is C14H26N2O3S. The smallest absolute Gasteiger partial charge is 0.323 e. The molecule has 1 heterocycles. The summed E-state index contributed by atoms with van der Waals surface area (Å²) in [4.78, 5) is 25.5. The molecule has 1 aliphatic heterocycles. The maximum atomic E-state index is 12.2. The first-order valence-electron chi connectivity index (χ1n) is 7.39. The molecule has 0 radical (unpaired) electrons. The molecule has 0 aromatic rings. The van der Waals surface area contributed by atoms with Crippen LogP contribution in [-0.2, 0) is 14.3 Å². The van der Waals surface area contributed by atoms with Gasteiger partial charge in [-0.05, 0) is 32.6 Å². The number of hydrogen-bond acceptors (Lipinski definition) is 5. The number of esters is 1. The number of rotatable bonds is 7. The van der Waals surface area contributed by atoms with E-state index in [0.29, 0.717) is 24.2 Å². The standard InChI is InChI=1S/C14H26N2O3S/c1-3-11-7-5-6-8-16(11)13(17)10-20-9-12(15)14(18)19-4-2/h11-12H,3-10,15H2,1-2H3. The molecule has 0 aliphatic carbocycles. The number of carbonyl (C=O) groups is 2. The lowest BCUT2D eigenvalue weighted by molar-refractivity contribution is -0.144. The zero-order valence-electron chi connectivity index (χ0n) is 12.5. The van der Waals surface area contributed by atoms with E-state index in [1.165, 1.54) is 18.2 Å². The molecule has 2 unspecified atom stereocenters. The molecule has 5 nitrogen and oxygen atoms in total. The fraction of sp³-hybridized carbons (Fsp3) is 0.857. The van der Waals surface area contributed by atoms with Gasteiger partial charge in [0, 0.05) is 18.3 Å². The summed E-state index contributed by atoms with van der Waals surface area (Å²) >= 11 is 1.41. The Balaban J connectivity index is 2.30. The first kappa shape index (κ1) is 17.3. The number of ether oxygens (including phenoxy) is 1. The predicted octanol–water partition coefficient (Wildman–Crippen LogP) is 1.40. The predicted molar refractivity (Wildman–Crippen MR) is 81.6 cm³/mol. The molecule has 1 aliphatic rings. The maximum Gasteiger partial charge on any atom is 0.323 e. The van der Waals surface area contributed by atoms with Crippen LogP contribution in [0.25, 0.3) is 0 Å². The number of amides is 1. The highest BCUT2D eigenvalue weighted by Crippen LogP contribution is 2.20. The van der Waals surface area contributed by atoms with E-state index in [9.17, 15) is 9.59 Å². The van der Waals surface area contributed by atoms with Crippen molar-refractivity contribution in [3.63, 3.8) is 0 Å². The van der Waals surface area contributed by atoms with Crippen molar-refractivity contribution in [1.29, 1.82) is 0 Å². The van der Waals surface area contributed by atoms with Gasteiger partial charge in [-0.3, -0.25) is 9.59 Å². The number of hydrogen-bond donors (Lipinski definition) is 1. The molecule has 20 heavy (non-hydrogen) atoms. The van der Waals surface area contributed by atoms with Gasteiger partial charge >= 0.3 is 5.97 Å². The molecule has 1 fully saturated rings. The van der Waals surface area contributed by atoms with Crippen LogP contribution in [0.3, 0.4) is 0 Å². The monoisotopic (exact) mass is 302 g/mol. The quantitative estimate of drug-likeness (QED) is 0.720. The van der Waals surface area contributed by atoms with E-state index in [-0.39, 0.29) is 5.91 Å². The summed E-state index contributed by atoms with van der Waals surface area (Å²) in [6.07, 6.45) is 4.42. The van der Waals surface area contributed by atoms with Gasteiger partial charge in [0.15, 0.2) is 0 Å². The SMILES string of the molecule is CCOC(=O)C(N)CSCC(=O)N1CCCCC1CC. The molecule has 1 saturated heterocycles. The second-order valence-corrected chi connectivity index (χ2v) is 6.05. The number of carbonyl (C=O) groups excluding carboxylic acids is 2. The Hall–Kier alpha value is -0.750. The Kier molecular flexibility index (Phi) is 7.99. The van der Waals surface area contributed by atoms with Gasteiger partial charge in [0.05, 0.1) is 12.4 Å². The van der Waals surface area contributed by atoms with Crippen molar-refractivity contribution in [1.82, 2.24) is 4.90 Å². The van der Waals surface area contributed by atoms with Crippen LogP contribution in [0.2, 0.25) is 0 Å². The van der Waals surface area contributed by atoms with Crippen molar-refractivity contribution in [2.24, 2.45) is 5.73 Å². The van der Waals surface area contributed by atoms with Crippen LogP contribution in [0.1, 0.15) is 39.5 Å². The van der Waals surface area contributed by atoms with E-state index in [0.717, 1.165) is 25.8 Å². The Labute approximate surface area is 125 Å². The van der Waals surface area contributed by atoms with Gasteiger partial charge in [0.25, 0.3) is 0 Å². The molecule has 0 spiro atoms. The zero-order valence-corrected chi connectivity index (χ0v) is 13.3. The van der Waals surface area contributed by atoms with Crippen molar-refractivity contribution in [2.75, 3.05) is 24.7 Å². The second-order valence-electron chi connectivity index (χ2n) is 5.02. The van der Waals surface area contributed by atoms with Crippen LogP contribution in [0.15, 0.2) is 0 Å². The average molecular weight is 302 g/mol. The largest absolute Gasteiger partial charge is 0.465 e. The van der Waals surface area contributed by atoms with Crippen LogP contribution < -0.4 is 5.73 Å². The van der Waals surface area contributed by atoms with Crippen molar-refractivity contribution >= 4 is 23.6 Å². The first-order valence-corrected chi connectivity index (χ1v) is 8.55. The molecule has 1 rings (SSSR count). The second kappa shape index (κ2) is 9.23. The van der Waals surface area contributed by atoms with Crippen molar-refractivity contribution in [2.45, 2.75) is 51.6 Å². The molecule has 0 bridgehead atoms. The molecular weight excluding hydrogens is 276 g/mol. The third-order valence-electron chi connectivity index (χ3n) is 3.53. The summed E-state index contributed by atoms with van der Waals surface area (Å²) in [6.45, 7) is 5.08. The third kappa shape index (κ3) is 5.32. The van der Waals surface area contributed by atoms with Gasteiger partial charge < -0.3 is 15.4 Å². The zero-order chi connectivity index (χ0) is 15.0. The van der Waals surface area contributed by atoms with Crippen molar-refractivity contribution < 1.29 is 14.3 Å². The summed E-state index contributed by atoms with van der Waals surface area (Å²) in [5.41, 5.74) is 5.70. The number of thioether (sulfide) groups is 1. The van der Waals surface area contributed by atoms with E-state index in [4.69, 9.17) is 10.5 Å². The summed E-state index contributed by atoms with van der Waals surface area (Å²) in [6, 6.07) is -0.258. The van der Waals surface area contributed by atoms with Crippen LogP contribution in [-0.4, -0.2) is 53.5 Å². The molecule has 2 N–H and O–H groups in total. The lowest BCUT2D eigenvalue weighted by Crippen LogP contribution is -2.44. The highest BCUT2D eigenvalue weighted by molar-refractivity contribution is 8.00. The summed E-state index contributed by atoms with van der Waals surface area (Å²) < 4.78 is 4.84. The van der Waals surface area contributed by atoms with Gasteiger partial charge in [-0.1, -0.05) is 6.92 Å². The lowest BCUT2D eigenvalue weighted by Gasteiger charge is -2.35. The van der Waals surface area contributed by atoms with Gasteiger partial charge in [0.2, 0.25) is 5.91 Å².